The van der Waals surface area contributed by atoms with Crippen molar-refractivity contribution in [2.75, 3.05) is 25.0 Å². The zero-order valence-electron chi connectivity index (χ0n) is 18.5. The molecule has 1 fully saturated rings. The molecule has 1 atom stereocenters. The Morgan fingerprint density at radius 1 is 1.12 bits per heavy atom. The molecule has 33 heavy (non-hydrogen) atoms. The molecule has 1 aliphatic heterocycles. The van der Waals surface area contributed by atoms with Crippen molar-refractivity contribution < 1.29 is 14.3 Å². The maximum atomic E-state index is 12.9. The smallest absolute Gasteiger partial charge is 0.272 e. The first kappa shape index (κ1) is 21.6. The van der Waals surface area contributed by atoms with E-state index in [0.717, 1.165) is 52.7 Å². The summed E-state index contributed by atoms with van der Waals surface area (Å²) in [5.41, 5.74) is 3.36. The summed E-state index contributed by atoms with van der Waals surface area (Å²) in [5.74, 6) is 2.06. The molecule has 0 spiro atoms. The van der Waals surface area contributed by atoms with Crippen LogP contribution in [-0.2, 0) is 13.7 Å². The average molecular weight is 462 g/mol. The van der Waals surface area contributed by atoms with Gasteiger partial charge in [-0.15, -0.1) is 11.3 Å². The van der Waals surface area contributed by atoms with Crippen LogP contribution in [0.1, 0.15) is 22.5 Å². The van der Waals surface area contributed by atoms with Crippen molar-refractivity contribution in [3.8, 4) is 11.5 Å². The van der Waals surface area contributed by atoms with E-state index in [2.05, 4.69) is 10.6 Å². The Hall–Kier alpha value is -3.29. The molecule has 0 radical (unpaired) electrons. The van der Waals surface area contributed by atoms with Crippen molar-refractivity contribution in [1.29, 1.82) is 0 Å². The van der Waals surface area contributed by atoms with Crippen molar-refractivity contribution in [2.45, 2.75) is 13.0 Å². The molecule has 0 unspecified atom stereocenters. The molecule has 3 heterocycles. The van der Waals surface area contributed by atoms with Crippen LogP contribution in [0.5, 0.6) is 11.5 Å². The predicted molar refractivity (Wildman–Crippen MR) is 132 cm³/mol. The normalized spacial score (nSPS) is 15.6. The molecule has 4 aromatic rings. The number of thiophene rings is 1. The molecule has 2 aromatic heterocycles. The van der Waals surface area contributed by atoms with Crippen molar-refractivity contribution >= 4 is 33.1 Å². The highest BCUT2D eigenvalue weighted by Gasteiger charge is 2.16. The van der Waals surface area contributed by atoms with Gasteiger partial charge in [0.2, 0.25) is 0 Å². The lowest BCUT2D eigenvalue weighted by Gasteiger charge is -2.14. The zero-order valence-corrected chi connectivity index (χ0v) is 19.4. The molecule has 0 aliphatic carbocycles. The van der Waals surface area contributed by atoms with E-state index < -0.39 is 0 Å². The predicted octanol–water partition coefficient (Wildman–Crippen LogP) is 5.06. The highest BCUT2D eigenvalue weighted by atomic mass is 32.1. The number of fused-ring (bicyclic) bond motifs is 1. The van der Waals surface area contributed by atoms with Gasteiger partial charge < -0.3 is 24.7 Å². The maximum Gasteiger partial charge on any atom is 0.272 e. The van der Waals surface area contributed by atoms with Crippen LogP contribution in [0, 0.1) is 5.92 Å². The van der Waals surface area contributed by atoms with Crippen molar-refractivity contribution in [3.63, 3.8) is 0 Å². The second-order valence-corrected chi connectivity index (χ2v) is 9.25. The molecule has 0 bridgehead atoms. The summed E-state index contributed by atoms with van der Waals surface area (Å²) in [5, 5.41) is 8.44. The minimum atomic E-state index is -0.132. The Morgan fingerprint density at radius 2 is 1.91 bits per heavy atom. The van der Waals surface area contributed by atoms with Gasteiger partial charge in [0.05, 0.1) is 16.8 Å². The third-order valence-corrected chi connectivity index (χ3v) is 6.88. The molecule has 2 aromatic carbocycles. The van der Waals surface area contributed by atoms with Crippen LogP contribution in [0.3, 0.4) is 0 Å². The highest BCUT2D eigenvalue weighted by molar-refractivity contribution is 7.17. The first-order valence-electron chi connectivity index (χ1n) is 11.2. The monoisotopic (exact) mass is 461 g/mol. The quantitative estimate of drug-likeness (QED) is 0.385. The Morgan fingerprint density at radius 3 is 2.67 bits per heavy atom. The van der Waals surface area contributed by atoms with Crippen LogP contribution in [0.2, 0.25) is 0 Å². The number of ether oxygens (including phenoxy) is 2. The SMILES string of the molecule is Cn1c(C(=O)Nc2ccccc2COc2ccc(OC[C@@H]3CCNC3)cc2)cc2sccc21. The molecule has 1 amide bonds. The molecular formula is C26H27N3O3S. The first-order valence-corrected chi connectivity index (χ1v) is 12.0. The number of hydrogen-bond donors (Lipinski definition) is 2. The van der Waals surface area contributed by atoms with Crippen LogP contribution in [0.4, 0.5) is 5.69 Å². The van der Waals surface area contributed by atoms with Crippen LogP contribution in [0.15, 0.2) is 66.0 Å². The molecule has 5 rings (SSSR count). The first-order chi connectivity index (χ1) is 16.2. The number of rotatable bonds is 8. The molecule has 2 N–H and O–H groups in total. The fraction of sp³-hybridized carbons (Fsp3) is 0.269. The number of carbonyl (C=O) groups is 1. The van der Waals surface area contributed by atoms with E-state index in [1.165, 1.54) is 6.42 Å². The Bertz CT molecular complexity index is 1240. The Kier molecular flexibility index (Phi) is 6.32. The molecule has 6 nitrogen and oxygen atoms in total. The van der Waals surface area contributed by atoms with Gasteiger partial charge in [-0.25, -0.2) is 0 Å². The van der Waals surface area contributed by atoms with Gasteiger partial charge in [0, 0.05) is 30.8 Å². The number of benzene rings is 2. The second kappa shape index (κ2) is 9.68. The third-order valence-electron chi connectivity index (χ3n) is 6.03. The highest BCUT2D eigenvalue weighted by Crippen LogP contribution is 2.26. The van der Waals surface area contributed by atoms with E-state index in [9.17, 15) is 4.79 Å². The van der Waals surface area contributed by atoms with E-state index in [1.54, 1.807) is 11.3 Å². The second-order valence-electron chi connectivity index (χ2n) is 8.30. The van der Waals surface area contributed by atoms with E-state index in [0.29, 0.717) is 18.2 Å². The minimum absolute atomic E-state index is 0.132. The summed E-state index contributed by atoms with van der Waals surface area (Å²) in [6.45, 7) is 3.19. The number of para-hydroxylation sites is 1. The average Bonchev–Trinajstić information content (AvgIpc) is 3.58. The molecule has 170 valence electrons. The number of aryl methyl sites for hydroxylation is 1. The largest absolute Gasteiger partial charge is 0.493 e. The van der Waals surface area contributed by atoms with Crippen LogP contribution < -0.4 is 20.1 Å². The van der Waals surface area contributed by atoms with E-state index in [1.807, 2.05) is 77.7 Å². The fourth-order valence-corrected chi connectivity index (χ4v) is 4.94. The summed E-state index contributed by atoms with van der Waals surface area (Å²) in [6.07, 6.45) is 1.17. The molecule has 0 saturated carbocycles. The lowest BCUT2D eigenvalue weighted by molar-refractivity contribution is 0.101. The van der Waals surface area contributed by atoms with Crippen molar-refractivity contribution in [1.82, 2.24) is 9.88 Å². The van der Waals surface area contributed by atoms with E-state index in [4.69, 9.17) is 9.47 Å². The molecule has 7 heteroatoms. The summed E-state index contributed by atoms with van der Waals surface area (Å²) < 4.78 is 14.9. The van der Waals surface area contributed by atoms with Crippen LogP contribution in [-0.4, -0.2) is 30.2 Å². The van der Waals surface area contributed by atoms with Crippen molar-refractivity contribution in [2.24, 2.45) is 13.0 Å². The van der Waals surface area contributed by atoms with Gasteiger partial charge in [0.15, 0.2) is 0 Å². The summed E-state index contributed by atoms with van der Waals surface area (Å²) in [6, 6.07) is 19.4. The van der Waals surface area contributed by atoms with E-state index >= 15 is 0 Å². The maximum absolute atomic E-state index is 12.9. The molecular weight excluding hydrogens is 434 g/mol. The van der Waals surface area contributed by atoms with Gasteiger partial charge >= 0.3 is 0 Å². The number of hydrogen-bond acceptors (Lipinski definition) is 5. The third kappa shape index (κ3) is 4.89. The standard InChI is InChI=1S/C26H27N3O3S/c1-29-23-11-13-33-25(23)14-24(29)26(30)28-22-5-3-2-4-19(22)17-32-21-8-6-20(7-9-21)31-16-18-10-12-27-15-18/h2-9,11,13-14,18,27H,10,12,15-17H2,1H3,(H,28,30)/t18-/m1/s1. The summed E-state index contributed by atoms with van der Waals surface area (Å²) in [4.78, 5) is 12.9. The number of nitrogens with one attached hydrogen (secondary N) is 2. The minimum Gasteiger partial charge on any atom is -0.493 e. The molecule has 1 saturated heterocycles. The number of nitrogens with zero attached hydrogens (tertiary/aromatic N) is 1. The van der Waals surface area contributed by atoms with Gasteiger partial charge in [0.1, 0.15) is 23.8 Å². The fourth-order valence-electron chi connectivity index (χ4n) is 4.09. The zero-order chi connectivity index (χ0) is 22.6. The summed E-state index contributed by atoms with van der Waals surface area (Å²) in [7, 11) is 1.91. The topological polar surface area (TPSA) is 64.5 Å². The number of anilines is 1. The Labute approximate surface area is 197 Å². The number of aromatic nitrogens is 1. The van der Waals surface area contributed by atoms with Gasteiger partial charge in [-0.3, -0.25) is 4.79 Å². The summed E-state index contributed by atoms with van der Waals surface area (Å²) >= 11 is 1.63. The van der Waals surface area contributed by atoms with Gasteiger partial charge in [-0.05, 0) is 60.8 Å². The van der Waals surface area contributed by atoms with Gasteiger partial charge in [-0.1, -0.05) is 18.2 Å². The van der Waals surface area contributed by atoms with Crippen LogP contribution in [0.25, 0.3) is 10.2 Å². The number of amides is 1. The van der Waals surface area contributed by atoms with Crippen molar-refractivity contribution in [3.05, 3.63) is 77.3 Å². The van der Waals surface area contributed by atoms with Gasteiger partial charge in [0.25, 0.3) is 5.91 Å². The Balaban J connectivity index is 1.20. The van der Waals surface area contributed by atoms with E-state index in [-0.39, 0.29) is 5.91 Å². The number of carbonyl (C=O) groups excluding carboxylic acids is 1. The lowest BCUT2D eigenvalue weighted by Crippen LogP contribution is -2.17. The molecule has 1 aliphatic rings. The van der Waals surface area contributed by atoms with Crippen LogP contribution >= 0.6 is 11.3 Å². The van der Waals surface area contributed by atoms with Gasteiger partial charge in [-0.2, -0.15) is 0 Å². The lowest BCUT2D eigenvalue weighted by atomic mass is 10.1.